The molecule has 0 aliphatic heterocycles. The van der Waals surface area contributed by atoms with Gasteiger partial charge in [0, 0.05) is 5.25 Å². The third kappa shape index (κ3) is 10.5. The maximum absolute atomic E-state index is 4.62. The molecule has 0 unspecified atom stereocenters. The van der Waals surface area contributed by atoms with Gasteiger partial charge in [0.2, 0.25) is 0 Å². The molecule has 0 saturated carbocycles. The molecule has 0 N–H and O–H groups in total. The maximum atomic E-state index is 4.62. The summed E-state index contributed by atoms with van der Waals surface area (Å²) in [6, 6.07) is 12.0. The summed E-state index contributed by atoms with van der Waals surface area (Å²) in [6.45, 7) is 3.96. The summed E-state index contributed by atoms with van der Waals surface area (Å²) in [5, 5.41) is 0.417. The van der Waals surface area contributed by atoms with E-state index in [1.807, 2.05) is 50.2 Å². The molecule has 0 aliphatic rings. The van der Waals surface area contributed by atoms with Crippen molar-refractivity contribution in [1.82, 2.24) is 0 Å². The van der Waals surface area contributed by atoms with Gasteiger partial charge in [-0.25, -0.2) is 0 Å². The highest BCUT2D eigenvalue weighted by atomic mass is 32.1. The fourth-order valence-electron chi connectivity index (χ4n) is 0.385. The van der Waals surface area contributed by atoms with E-state index in [1.54, 1.807) is 0 Å². The predicted octanol–water partition coefficient (Wildman–Crippen LogP) is 3.28. The summed E-state index contributed by atoms with van der Waals surface area (Å²) in [5.41, 5.74) is 0. The van der Waals surface area contributed by atoms with Crippen LogP contribution < -0.4 is 0 Å². The van der Waals surface area contributed by atoms with E-state index in [4.69, 9.17) is 0 Å². The van der Waals surface area contributed by atoms with Crippen molar-refractivity contribution in [3.63, 3.8) is 0 Å². The highest BCUT2D eigenvalue weighted by Gasteiger charge is 1.71. The Labute approximate surface area is 68.7 Å². The van der Waals surface area contributed by atoms with Crippen molar-refractivity contribution in [2.75, 3.05) is 0 Å². The average Bonchev–Trinajstić information content (AvgIpc) is 1.90. The first-order chi connectivity index (χ1) is 4.73. The molecule has 1 heteroatoms. The predicted molar refractivity (Wildman–Crippen MR) is 49.2 cm³/mol. The molecule has 1 rings (SSSR count). The zero-order chi connectivity index (χ0) is 7.82. The van der Waals surface area contributed by atoms with Crippen LogP contribution in [0.15, 0.2) is 36.4 Å². The van der Waals surface area contributed by atoms with Crippen LogP contribution in [0.25, 0.3) is 0 Å². The van der Waals surface area contributed by atoms with E-state index in [-0.39, 0.29) is 0 Å². The van der Waals surface area contributed by atoms with Gasteiger partial charge in [-0.3, -0.25) is 0 Å². The Morgan fingerprint density at radius 1 is 0.800 bits per heavy atom. The van der Waals surface area contributed by atoms with Crippen molar-refractivity contribution >= 4 is 12.6 Å². The highest BCUT2D eigenvalue weighted by molar-refractivity contribution is 7.80. The smallest absolute Gasteiger partial charge is 0.00945 e. The molecule has 0 heterocycles. The molecule has 0 aliphatic carbocycles. The van der Waals surface area contributed by atoms with Gasteiger partial charge in [-0.1, -0.05) is 62.9 Å². The highest BCUT2D eigenvalue weighted by Crippen LogP contribution is 1.83. The first-order valence-corrected chi connectivity index (χ1v) is 3.86. The molecule has 0 nitrogen and oxygen atoms in total. The second kappa shape index (κ2) is 6.69. The summed E-state index contributed by atoms with van der Waals surface area (Å²) < 4.78 is 0. The lowest BCUT2D eigenvalue weighted by Crippen LogP contribution is -1.71. The number of hydrogen-bond donors (Lipinski definition) is 0. The van der Waals surface area contributed by atoms with E-state index < -0.39 is 0 Å². The van der Waals surface area contributed by atoms with Crippen LogP contribution in [-0.2, 0) is 0 Å². The van der Waals surface area contributed by atoms with Gasteiger partial charge in [0.05, 0.1) is 0 Å². The molecule has 0 aromatic heterocycles. The molecule has 55 valence electrons. The van der Waals surface area contributed by atoms with Gasteiger partial charge in [-0.15, -0.1) is 0 Å². The van der Waals surface area contributed by atoms with Crippen LogP contribution >= 0.6 is 12.6 Å². The second-order valence-electron chi connectivity index (χ2n) is 2.20. The minimum absolute atomic E-state index is 0.417. The Balaban J connectivity index is 0.000000180. The van der Waals surface area contributed by atoms with E-state index in [1.165, 1.54) is 0 Å². The van der Waals surface area contributed by atoms with Gasteiger partial charge < -0.3 is 0 Å². The quantitative estimate of drug-likeness (QED) is 0.536. The second-order valence-corrected chi connectivity index (χ2v) is 3.15. The van der Waals surface area contributed by atoms with E-state index in [0.29, 0.717) is 5.25 Å². The van der Waals surface area contributed by atoms with Crippen molar-refractivity contribution in [3.8, 4) is 0 Å². The summed E-state index contributed by atoms with van der Waals surface area (Å²) in [5.74, 6) is 0. The van der Waals surface area contributed by atoms with Gasteiger partial charge in [0.25, 0.3) is 0 Å². The van der Waals surface area contributed by atoms with Crippen LogP contribution in [-0.4, -0.2) is 5.25 Å². The van der Waals surface area contributed by atoms with Crippen LogP contribution in [0.4, 0.5) is 0 Å². The maximum Gasteiger partial charge on any atom is 0.00945 e. The summed E-state index contributed by atoms with van der Waals surface area (Å²) >= 11 is 4.62. The van der Waals surface area contributed by atoms with Crippen LogP contribution in [0.1, 0.15) is 13.8 Å². The molecule has 0 fully saturated rings. The van der Waals surface area contributed by atoms with Crippen LogP contribution in [0.3, 0.4) is 0 Å². The van der Waals surface area contributed by atoms with Crippen molar-refractivity contribution in [2.24, 2.45) is 0 Å². The normalized spacial score (nSPS) is 8.40. The fourth-order valence-corrected chi connectivity index (χ4v) is 0.385. The third-order valence-electron chi connectivity index (χ3n) is 0.667. The van der Waals surface area contributed by atoms with Crippen molar-refractivity contribution in [1.29, 1.82) is 0 Å². The number of hydrogen-bond acceptors (Lipinski definition) is 0. The van der Waals surface area contributed by atoms with Crippen molar-refractivity contribution in [2.45, 2.75) is 19.1 Å². The third-order valence-corrected chi connectivity index (χ3v) is 0.667. The topological polar surface area (TPSA) is 0 Å². The largest absolute Gasteiger partial charge is 0.0910 e. The number of rotatable bonds is 0. The van der Waals surface area contributed by atoms with Crippen LogP contribution in [0.2, 0.25) is 0 Å². The molecular weight excluding hydrogens is 140 g/mol. The van der Waals surface area contributed by atoms with Gasteiger partial charge >= 0.3 is 0 Å². The lowest BCUT2D eigenvalue weighted by atomic mass is 10.4. The standard InChI is InChI=1S/C6H6.C3H7S/c1-2-4-6-5-3-1;1-3(2)4/h1-6H;3H,1-2H3. The monoisotopic (exact) mass is 153 g/mol. The molecular formula is C9H13S. The minimum atomic E-state index is 0.417. The summed E-state index contributed by atoms with van der Waals surface area (Å²) in [6.07, 6.45) is 0. The first-order valence-electron chi connectivity index (χ1n) is 3.39. The molecule has 1 aromatic carbocycles. The Kier molecular flexibility index (Phi) is 6.40. The number of benzene rings is 1. The van der Waals surface area contributed by atoms with Crippen molar-refractivity contribution in [3.05, 3.63) is 36.4 Å². The van der Waals surface area contributed by atoms with E-state index in [9.17, 15) is 0 Å². The van der Waals surface area contributed by atoms with Gasteiger partial charge in [-0.2, -0.15) is 0 Å². The fraction of sp³-hybridized carbons (Fsp3) is 0.333. The summed E-state index contributed by atoms with van der Waals surface area (Å²) in [7, 11) is 0. The molecule has 0 atom stereocenters. The van der Waals surface area contributed by atoms with Gasteiger partial charge in [-0.05, 0) is 0 Å². The zero-order valence-electron chi connectivity index (χ0n) is 6.45. The Morgan fingerprint density at radius 2 is 0.900 bits per heavy atom. The zero-order valence-corrected chi connectivity index (χ0v) is 7.27. The Morgan fingerprint density at radius 3 is 1.00 bits per heavy atom. The minimum Gasteiger partial charge on any atom is -0.0910 e. The van der Waals surface area contributed by atoms with Crippen molar-refractivity contribution < 1.29 is 0 Å². The molecule has 1 aromatic rings. The SMILES string of the molecule is CC(C)[S].c1ccccc1. The summed E-state index contributed by atoms with van der Waals surface area (Å²) in [4.78, 5) is 0. The lowest BCUT2D eigenvalue weighted by molar-refractivity contribution is 1.13. The average molecular weight is 153 g/mol. The molecule has 0 saturated heterocycles. The molecule has 0 spiro atoms. The van der Waals surface area contributed by atoms with E-state index in [0.717, 1.165) is 0 Å². The van der Waals surface area contributed by atoms with E-state index in [2.05, 4.69) is 12.6 Å². The molecule has 0 bridgehead atoms. The van der Waals surface area contributed by atoms with Crippen LogP contribution in [0.5, 0.6) is 0 Å². The first kappa shape index (κ1) is 9.57. The van der Waals surface area contributed by atoms with Gasteiger partial charge in [0.15, 0.2) is 0 Å². The van der Waals surface area contributed by atoms with Gasteiger partial charge in [0.1, 0.15) is 0 Å². The molecule has 0 amide bonds. The Hall–Kier alpha value is -0.430. The van der Waals surface area contributed by atoms with E-state index >= 15 is 0 Å². The molecule has 1 radical (unpaired) electrons. The lowest BCUT2D eigenvalue weighted by Gasteiger charge is -1.76. The molecule has 10 heavy (non-hydrogen) atoms. The Bertz CT molecular complexity index is 105. The van der Waals surface area contributed by atoms with Crippen LogP contribution in [0, 0.1) is 0 Å².